The Morgan fingerprint density at radius 3 is 2.56 bits per heavy atom. The van der Waals surface area contributed by atoms with E-state index >= 15 is 0 Å². The topological polar surface area (TPSA) is 131 Å². The maximum atomic E-state index is 14.0. The summed E-state index contributed by atoms with van der Waals surface area (Å²) >= 11 is 11.9. The van der Waals surface area contributed by atoms with E-state index in [4.69, 9.17) is 38.7 Å². The Morgan fingerprint density at radius 2 is 1.92 bits per heavy atom. The molecule has 2 heterocycles. The minimum Gasteiger partial charge on any atom is -0.394 e. The average Bonchev–Trinajstić information content (AvgIpc) is 3.62. The van der Waals surface area contributed by atoms with Gasteiger partial charge in [-0.1, -0.05) is 34.5 Å². The lowest BCUT2D eigenvalue weighted by molar-refractivity contribution is -0.137. The Bertz CT molecular complexity index is 1420. The summed E-state index contributed by atoms with van der Waals surface area (Å²) < 4.78 is 35.4. The van der Waals surface area contributed by atoms with Crippen molar-refractivity contribution in [2.24, 2.45) is 15.7 Å². The summed E-state index contributed by atoms with van der Waals surface area (Å²) in [5.74, 6) is -0.999. The Labute approximate surface area is 232 Å². The van der Waals surface area contributed by atoms with Gasteiger partial charge in [-0.25, -0.2) is 23.4 Å². The summed E-state index contributed by atoms with van der Waals surface area (Å²) in [5.41, 5.74) is 7.90. The molecule has 1 aliphatic carbocycles. The van der Waals surface area contributed by atoms with Gasteiger partial charge in [0.1, 0.15) is 40.7 Å². The van der Waals surface area contributed by atoms with Crippen molar-refractivity contribution < 1.29 is 23.7 Å². The van der Waals surface area contributed by atoms with Crippen LogP contribution in [0.5, 0.6) is 0 Å². The zero-order valence-electron chi connectivity index (χ0n) is 20.8. The van der Waals surface area contributed by atoms with Crippen LogP contribution >= 0.6 is 23.2 Å². The first-order valence-corrected chi connectivity index (χ1v) is 13.1. The Balaban J connectivity index is 1.50. The highest BCUT2D eigenvalue weighted by Gasteiger charge is 2.41. The number of rotatable bonds is 6. The largest absolute Gasteiger partial charge is 0.394 e. The number of halogens is 4. The molecule has 1 aliphatic heterocycles. The van der Waals surface area contributed by atoms with Crippen LogP contribution in [0.1, 0.15) is 43.7 Å². The first-order valence-electron chi connectivity index (χ1n) is 12.3. The lowest BCUT2D eigenvalue weighted by atomic mass is 9.94. The number of aliphatic hydroxyl groups is 2. The molecule has 13 heteroatoms. The van der Waals surface area contributed by atoms with Crippen LogP contribution < -0.4 is 5.73 Å². The van der Waals surface area contributed by atoms with Gasteiger partial charge in [0.15, 0.2) is 5.84 Å². The van der Waals surface area contributed by atoms with Gasteiger partial charge in [-0.05, 0) is 55.5 Å². The number of amidine groups is 2. The van der Waals surface area contributed by atoms with E-state index in [1.807, 2.05) is 12.1 Å². The molecule has 1 saturated carbocycles. The van der Waals surface area contributed by atoms with Gasteiger partial charge in [0.2, 0.25) is 0 Å². The molecular weight excluding hydrogens is 553 g/mol. The standard InChI is InChI=1S/C26H26Cl2F2N6O3/c1-12(31)32-26(33-19-8-15(27)4-5-16(19)13-2-3-13)22-9-21(25(38)23(11-37)39-22)36-10-20(34-35-36)14-6-17(29)24(28)18(30)7-14/h4-8,10,13,21-23,25,37-38H,2-3,9,11H2,1H3,(H2,31,32,33). The van der Waals surface area contributed by atoms with Crippen molar-refractivity contribution in [3.8, 4) is 11.3 Å². The molecule has 206 valence electrons. The lowest BCUT2D eigenvalue weighted by Gasteiger charge is -2.38. The monoisotopic (exact) mass is 578 g/mol. The van der Waals surface area contributed by atoms with Gasteiger partial charge in [0, 0.05) is 17.0 Å². The number of nitrogens with two attached hydrogens (primary N) is 1. The van der Waals surface area contributed by atoms with Crippen LogP contribution in [-0.4, -0.2) is 61.8 Å². The maximum absolute atomic E-state index is 14.0. The van der Waals surface area contributed by atoms with E-state index in [1.54, 1.807) is 13.0 Å². The van der Waals surface area contributed by atoms with Crippen molar-refractivity contribution in [3.05, 3.63) is 63.8 Å². The number of aliphatic hydroxyl groups excluding tert-OH is 2. The van der Waals surface area contributed by atoms with Crippen molar-refractivity contribution >= 4 is 40.6 Å². The average molecular weight is 579 g/mol. The van der Waals surface area contributed by atoms with E-state index in [-0.39, 0.29) is 29.3 Å². The number of hydrogen-bond acceptors (Lipinski definition) is 6. The van der Waals surface area contributed by atoms with Crippen molar-refractivity contribution in [2.75, 3.05) is 6.61 Å². The van der Waals surface area contributed by atoms with E-state index in [0.29, 0.717) is 16.6 Å². The van der Waals surface area contributed by atoms with E-state index < -0.39 is 47.6 Å². The highest BCUT2D eigenvalue weighted by Crippen LogP contribution is 2.45. The maximum Gasteiger partial charge on any atom is 0.159 e. The zero-order chi connectivity index (χ0) is 27.8. The van der Waals surface area contributed by atoms with Crippen LogP contribution in [0.15, 0.2) is 46.5 Å². The van der Waals surface area contributed by atoms with Gasteiger partial charge in [-0.3, -0.25) is 0 Å². The molecule has 39 heavy (non-hydrogen) atoms. The normalized spacial score (nSPS) is 24.3. The molecule has 0 amide bonds. The van der Waals surface area contributed by atoms with E-state index in [0.717, 1.165) is 30.5 Å². The van der Waals surface area contributed by atoms with Gasteiger partial charge in [-0.15, -0.1) is 5.10 Å². The summed E-state index contributed by atoms with van der Waals surface area (Å²) in [5, 5.41) is 29.0. The van der Waals surface area contributed by atoms with Crippen LogP contribution in [0.4, 0.5) is 14.5 Å². The fourth-order valence-corrected chi connectivity index (χ4v) is 4.91. The van der Waals surface area contributed by atoms with Crippen molar-refractivity contribution in [1.29, 1.82) is 0 Å². The fourth-order valence-electron chi connectivity index (χ4n) is 4.64. The molecule has 0 radical (unpaired) electrons. The number of nitrogens with zero attached hydrogens (tertiary/aromatic N) is 5. The molecule has 9 nitrogen and oxygen atoms in total. The summed E-state index contributed by atoms with van der Waals surface area (Å²) in [6.45, 7) is 1.12. The molecule has 2 aliphatic rings. The van der Waals surface area contributed by atoms with Gasteiger partial charge >= 0.3 is 0 Å². The van der Waals surface area contributed by atoms with E-state index in [9.17, 15) is 19.0 Å². The number of aliphatic imine (C=N–C) groups is 2. The Hall–Kier alpha value is -2.96. The number of benzene rings is 2. The van der Waals surface area contributed by atoms with Crippen molar-refractivity contribution in [1.82, 2.24) is 15.0 Å². The van der Waals surface area contributed by atoms with Gasteiger partial charge in [0.05, 0.1) is 30.4 Å². The molecule has 2 aromatic carbocycles. The van der Waals surface area contributed by atoms with Crippen molar-refractivity contribution in [3.63, 3.8) is 0 Å². The lowest BCUT2D eigenvalue weighted by Crippen LogP contribution is -2.50. The highest BCUT2D eigenvalue weighted by atomic mass is 35.5. The third kappa shape index (κ3) is 5.97. The first-order chi connectivity index (χ1) is 18.6. The third-order valence-corrected chi connectivity index (χ3v) is 7.30. The van der Waals surface area contributed by atoms with E-state index in [1.165, 1.54) is 10.9 Å². The number of aromatic nitrogens is 3. The Morgan fingerprint density at radius 1 is 1.21 bits per heavy atom. The molecular formula is C26H26Cl2F2N6O3. The predicted octanol–water partition coefficient (Wildman–Crippen LogP) is 4.57. The van der Waals surface area contributed by atoms with Crippen LogP contribution in [0.25, 0.3) is 11.3 Å². The first kappa shape index (κ1) is 27.6. The second-order valence-electron chi connectivity index (χ2n) is 9.68. The number of ether oxygens (including phenoxy) is 1. The summed E-state index contributed by atoms with van der Waals surface area (Å²) in [6, 6.07) is 6.86. The molecule has 1 aromatic heterocycles. The van der Waals surface area contributed by atoms with Crippen molar-refractivity contribution in [2.45, 2.75) is 56.5 Å². The summed E-state index contributed by atoms with van der Waals surface area (Å²) in [7, 11) is 0. The molecule has 5 rings (SSSR count). The van der Waals surface area contributed by atoms with Gasteiger partial charge in [-0.2, -0.15) is 0 Å². The quantitative estimate of drug-likeness (QED) is 0.223. The Kier molecular flexibility index (Phi) is 7.97. The van der Waals surface area contributed by atoms with Crippen LogP contribution in [-0.2, 0) is 4.74 Å². The smallest absolute Gasteiger partial charge is 0.159 e. The second kappa shape index (κ2) is 11.3. The highest BCUT2D eigenvalue weighted by molar-refractivity contribution is 6.31. The molecule has 4 atom stereocenters. The molecule has 4 N–H and O–H groups in total. The SMILES string of the molecule is CC(N)=NC(=Nc1cc(Cl)ccc1C1CC1)C1CC(n2cc(-c3cc(F)c(Cl)c(F)c3)nn2)C(O)C(CO)O1. The summed E-state index contributed by atoms with van der Waals surface area (Å²) in [6.07, 6.45) is 0.704. The second-order valence-corrected chi connectivity index (χ2v) is 10.5. The number of hydrogen-bond donors (Lipinski definition) is 3. The van der Waals surface area contributed by atoms with E-state index in [2.05, 4.69) is 15.3 Å². The van der Waals surface area contributed by atoms with Gasteiger partial charge in [0.25, 0.3) is 0 Å². The zero-order valence-corrected chi connectivity index (χ0v) is 22.3. The molecule has 0 spiro atoms. The molecule has 2 fully saturated rings. The fraction of sp³-hybridized carbons (Fsp3) is 0.385. The molecule has 4 unspecified atom stereocenters. The van der Waals surface area contributed by atoms with Crippen LogP contribution in [0.3, 0.4) is 0 Å². The van der Waals surface area contributed by atoms with Crippen LogP contribution in [0, 0.1) is 11.6 Å². The van der Waals surface area contributed by atoms with Crippen LogP contribution in [0.2, 0.25) is 10.0 Å². The molecule has 0 bridgehead atoms. The minimum absolute atomic E-state index is 0.122. The molecule has 1 saturated heterocycles. The predicted molar refractivity (Wildman–Crippen MR) is 144 cm³/mol. The molecule has 3 aromatic rings. The third-order valence-electron chi connectivity index (χ3n) is 6.70. The summed E-state index contributed by atoms with van der Waals surface area (Å²) in [4.78, 5) is 9.20. The van der Waals surface area contributed by atoms with Gasteiger partial charge < -0.3 is 20.7 Å². The minimum atomic E-state index is -1.18.